The van der Waals surface area contributed by atoms with Gasteiger partial charge >= 0.3 is 0 Å². The highest BCUT2D eigenvalue weighted by Crippen LogP contribution is 2.44. The van der Waals surface area contributed by atoms with Crippen LogP contribution < -0.4 is 0 Å². The summed E-state index contributed by atoms with van der Waals surface area (Å²) in [6.45, 7) is 6.65. The monoisotopic (exact) mass is 226 g/mol. The molecule has 0 aromatic heterocycles. The van der Waals surface area contributed by atoms with Crippen LogP contribution in [0.15, 0.2) is 0 Å². The summed E-state index contributed by atoms with van der Waals surface area (Å²) in [5.41, 5.74) is 0.414. The lowest BCUT2D eigenvalue weighted by atomic mass is 9.65. The highest BCUT2D eigenvalue weighted by Gasteiger charge is 2.34. The zero-order valence-corrected chi connectivity index (χ0v) is 11.2. The SMILES string of the molecule is COC(CCC(C)(C)C1CCC1)[C@@H](C)C=O. The van der Waals surface area contributed by atoms with Crippen molar-refractivity contribution in [2.24, 2.45) is 17.3 Å². The molecule has 0 heterocycles. The van der Waals surface area contributed by atoms with E-state index in [9.17, 15) is 4.79 Å². The van der Waals surface area contributed by atoms with Crippen molar-refractivity contribution in [2.45, 2.75) is 59.0 Å². The zero-order chi connectivity index (χ0) is 12.2. The van der Waals surface area contributed by atoms with Gasteiger partial charge in [-0.05, 0) is 37.0 Å². The van der Waals surface area contributed by atoms with E-state index in [-0.39, 0.29) is 12.0 Å². The Balaban J connectivity index is 2.38. The second-order valence-electron chi connectivity index (χ2n) is 5.92. The standard InChI is InChI=1S/C14H26O2/c1-11(10-15)13(16-4)8-9-14(2,3)12-6-5-7-12/h10-13H,5-9H2,1-4H3/t11-,13?/m0/s1. The molecular weight excluding hydrogens is 200 g/mol. The van der Waals surface area contributed by atoms with E-state index in [1.54, 1.807) is 7.11 Å². The Hall–Kier alpha value is -0.370. The number of aldehydes is 1. The lowest BCUT2D eigenvalue weighted by Gasteiger charge is -2.41. The van der Waals surface area contributed by atoms with E-state index in [4.69, 9.17) is 4.74 Å². The Kier molecular flexibility index (Phi) is 4.97. The maximum Gasteiger partial charge on any atom is 0.125 e. The maximum absolute atomic E-state index is 10.8. The van der Waals surface area contributed by atoms with Gasteiger partial charge in [-0.2, -0.15) is 0 Å². The highest BCUT2D eigenvalue weighted by molar-refractivity contribution is 5.53. The molecule has 1 fully saturated rings. The average Bonchev–Trinajstić information content (AvgIpc) is 2.14. The van der Waals surface area contributed by atoms with Gasteiger partial charge in [-0.25, -0.2) is 0 Å². The van der Waals surface area contributed by atoms with Crippen LogP contribution >= 0.6 is 0 Å². The van der Waals surface area contributed by atoms with Gasteiger partial charge in [0.2, 0.25) is 0 Å². The molecule has 0 N–H and O–H groups in total. The van der Waals surface area contributed by atoms with Gasteiger partial charge in [0.25, 0.3) is 0 Å². The summed E-state index contributed by atoms with van der Waals surface area (Å²) in [7, 11) is 1.71. The molecule has 0 bridgehead atoms. The van der Waals surface area contributed by atoms with Crippen LogP contribution in [-0.4, -0.2) is 19.5 Å². The molecule has 1 aliphatic rings. The number of methoxy groups -OCH3 is 1. The fourth-order valence-corrected chi connectivity index (χ4v) is 2.59. The van der Waals surface area contributed by atoms with E-state index in [1.807, 2.05) is 6.92 Å². The number of carbonyl (C=O) groups is 1. The molecule has 2 heteroatoms. The van der Waals surface area contributed by atoms with Gasteiger partial charge in [-0.1, -0.05) is 27.2 Å². The van der Waals surface area contributed by atoms with Gasteiger partial charge in [-0.15, -0.1) is 0 Å². The van der Waals surface area contributed by atoms with Gasteiger partial charge in [0, 0.05) is 13.0 Å². The minimum absolute atomic E-state index is 0.0159. The molecule has 0 spiro atoms. The molecule has 1 saturated carbocycles. The molecule has 1 aliphatic carbocycles. The number of hydrogen-bond donors (Lipinski definition) is 0. The summed E-state index contributed by atoms with van der Waals surface area (Å²) in [5, 5.41) is 0. The summed E-state index contributed by atoms with van der Waals surface area (Å²) in [5.74, 6) is 0.902. The molecule has 2 nitrogen and oxygen atoms in total. The second-order valence-corrected chi connectivity index (χ2v) is 5.92. The molecule has 1 unspecified atom stereocenters. The summed E-state index contributed by atoms with van der Waals surface area (Å²) >= 11 is 0. The number of carbonyl (C=O) groups excluding carboxylic acids is 1. The smallest absolute Gasteiger partial charge is 0.125 e. The van der Waals surface area contributed by atoms with Crippen LogP contribution in [0.3, 0.4) is 0 Å². The predicted octanol–water partition coefficient (Wildman–Crippen LogP) is 3.44. The topological polar surface area (TPSA) is 26.3 Å². The Labute approximate surface area is 99.8 Å². The fraction of sp³-hybridized carbons (Fsp3) is 0.929. The van der Waals surface area contributed by atoms with E-state index >= 15 is 0 Å². The Bertz CT molecular complexity index is 219. The number of hydrogen-bond acceptors (Lipinski definition) is 2. The van der Waals surface area contributed by atoms with Crippen LogP contribution in [0.1, 0.15) is 52.9 Å². The second kappa shape index (κ2) is 5.81. The van der Waals surface area contributed by atoms with Crippen molar-refractivity contribution in [2.75, 3.05) is 7.11 Å². The maximum atomic E-state index is 10.8. The first kappa shape index (κ1) is 13.7. The Morgan fingerprint density at radius 2 is 2.06 bits per heavy atom. The Morgan fingerprint density at radius 1 is 1.44 bits per heavy atom. The van der Waals surface area contributed by atoms with E-state index in [0.717, 1.165) is 25.0 Å². The van der Waals surface area contributed by atoms with E-state index in [2.05, 4.69) is 13.8 Å². The van der Waals surface area contributed by atoms with Crippen molar-refractivity contribution in [3.63, 3.8) is 0 Å². The number of rotatable bonds is 7. The van der Waals surface area contributed by atoms with Gasteiger partial charge in [0.15, 0.2) is 0 Å². The Morgan fingerprint density at radius 3 is 2.44 bits per heavy atom. The largest absolute Gasteiger partial charge is 0.381 e. The summed E-state index contributed by atoms with van der Waals surface area (Å²) < 4.78 is 5.40. The lowest BCUT2D eigenvalue weighted by Crippen LogP contribution is -2.32. The van der Waals surface area contributed by atoms with Crippen molar-refractivity contribution < 1.29 is 9.53 Å². The summed E-state index contributed by atoms with van der Waals surface area (Å²) in [6.07, 6.45) is 7.42. The molecule has 0 saturated heterocycles. The number of ether oxygens (including phenoxy) is 1. The summed E-state index contributed by atoms with van der Waals surface area (Å²) in [6, 6.07) is 0. The van der Waals surface area contributed by atoms with Crippen molar-refractivity contribution in [3.8, 4) is 0 Å². The minimum Gasteiger partial charge on any atom is -0.381 e. The first-order chi connectivity index (χ1) is 7.51. The molecule has 94 valence electrons. The molecule has 1 rings (SSSR count). The van der Waals surface area contributed by atoms with Crippen LogP contribution in [0.4, 0.5) is 0 Å². The van der Waals surface area contributed by atoms with Gasteiger partial charge in [-0.3, -0.25) is 0 Å². The van der Waals surface area contributed by atoms with Crippen molar-refractivity contribution in [1.29, 1.82) is 0 Å². The lowest BCUT2D eigenvalue weighted by molar-refractivity contribution is -0.114. The van der Waals surface area contributed by atoms with Crippen LogP contribution in [0.2, 0.25) is 0 Å². The van der Waals surface area contributed by atoms with Gasteiger partial charge in [0.05, 0.1) is 6.10 Å². The first-order valence-corrected chi connectivity index (χ1v) is 6.49. The molecule has 0 aromatic carbocycles. The molecule has 0 aromatic rings. The first-order valence-electron chi connectivity index (χ1n) is 6.49. The van der Waals surface area contributed by atoms with Gasteiger partial charge in [0.1, 0.15) is 6.29 Å². The van der Waals surface area contributed by atoms with E-state index < -0.39 is 0 Å². The molecule has 2 atom stereocenters. The minimum atomic E-state index is 0.0159. The highest BCUT2D eigenvalue weighted by atomic mass is 16.5. The van der Waals surface area contributed by atoms with Crippen LogP contribution in [-0.2, 0) is 9.53 Å². The van der Waals surface area contributed by atoms with Crippen molar-refractivity contribution in [3.05, 3.63) is 0 Å². The molecule has 0 aliphatic heterocycles. The zero-order valence-electron chi connectivity index (χ0n) is 11.2. The molecular formula is C14H26O2. The normalized spacial score (nSPS) is 21.2. The van der Waals surface area contributed by atoms with Crippen LogP contribution in [0, 0.1) is 17.3 Å². The van der Waals surface area contributed by atoms with Crippen LogP contribution in [0.25, 0.3) is 0 Å². The quantitative estimate of drug-likeness (QED) is 0.622. The fourth-order valence-electron chi connectivity index (χ4n) is 2.59. The van der Waals surface area contributed by atoms with E-state index in [1.165, 1.54) is 19.3 Å². The summed E-state index contributed by atoms with van der Waals surface area (Å²) in [4.78, 5) is 10.8. The van der Waals surface area contributed by atoms with E-state index in [0.29, 0.717) is 5.41 Å². The predicted molar refractivity (Wildman–Crippen MR) is 66.4 cm³/mol. The molecule has 0 radical (unpaired) electrons. The van der Waals surface area contributed by atoms with Gasteiger partial charge < -0.3 is 9.53 Å². The molecule has 0 amide bonds. The van der Waals surface area contributed by atoms with Crippen molar-refractivity contribution >= 4 is 6.29 Å². The third kappa shape index (κ3) is 3.31. The third-order valence-electron chi connectivity index (χ3n) is 4.39. The third-order valence-corrected chi connectivity index (χ3v) is 4.39. The van der Waals surface area contributed by atoms with Crippen molar-refractivity contribution in [1.82, 2.24) is 0 Å². The molecule has 16 heavy (non-hydrogen) atoms. The average molecular weight is 226 g/mol. The van der Waals surface area contributed by atoms with Crippen LogP contribution in [0.5, 0.6) is 0 Å².